The molecule has 0 radical (unpaired) electrons. The summed E-state index contributed by atoms with van der Waals surface area (Å²) in [4.78, 5) is 15.9. The van der Waals surface area contributed by atoms with Gasteiger partial charge in [0.15, 0.2) is 5.96 Å². The van der Waals surface area contributed by atoms with Gasteiger partial charge in [0, 0.05) is 26.7 Å². The quantitative estimate of drug-likeness (QED) is 0.169. The number of aliphatic imine (C=N–C) groups is 1. The van der Waals surface area contributed by atoms with Crippen LogP contribution in [-0.4, -0.2) is 37.8 Å². The lowest BCUT2D eigenvalue weighted by Gasteiger charge is -2.19. The molecule has 0 bridgehead atoms. The van der Waals surface area contributed by atoms with Crippen molar-refractivity contribution in [2.75, 3.05) is 20.1 Å². The molecule has 0 aliphatic rings. The Bertz CT molecular complexity index is 837. The van der Waals surface area contributed by atoms with Crippen LogP contribution < -0.4 is 16.0 Å². The number of rotatable bonds is 10. The first-order valence-corrected chi connectivity index (χ1v) is 11.0. The van der Waals surface area contributed by atoms with Crippen LogP contribution in [0.25, 0.3) is 0 Å². The number of amides is 1. The number of carbonyl (C=O) groups is 1. The van der Waals surface area contributed by atoms with Gasteiger partial charge in [-0.15, -0.1) is 24.0 Å². The zero-order valence-corrected chi connectivity index (χ0v) is 22.3. The summed E-state index contributed by atoms with van der Waals surface area (Å²) >= 11 is 0. The van der Waals surface area contributed by atoms with Crippen molar-refractivity contribution >= 4 is 36.0 Å². The summed E-state index contributed by atoms with van der Waals surface area (Å²) in [6.45, 7) is 8.62. The molecule has 0 aromatic heterocycles. The molecule has 0 atom stereocenters. The number of alkyl carbamates (subject to hydrolysis) is 1. The molecule has 2 aromatic carbocycles. The molecule has 7 nitrogen and oxygen atoms in total. The minimum absolute atomic E-state index is 0. The molecule has 0 heterocycles. The second-order valence-corrected chi connectivity index (χ2v) is 8.43. The standard InChI is InChI=1S/C25H36N4O3.HI/c1-25(2,3)32-24(30)28-16-8-15-27-23(26-4)29-17-20-11-13-22(14-12-20)19-31-18-21-9-6-5-7-10-21;/h5-7,9-14H,8,15-19H2,1-4H3,(H,28,30)(H2,26,27,29);1H. The second kappa shape index (κ2) is 15.5. The molecule has 182 valence electrons. The van der Waals surface area contributed by atoms with Gasteiger partial charge < -0.3 is 25.4 Å². The molecule has 0 aliphatic carbocycles. The van der Waals surface area contributed by atoms with E-state index in [4.69, 9.17) is 9.47 Å². The van der Waals surface area contributed by atoms with Crippen LogP contribution in [0, 0.1) is 0 Å². The Labute approximate surface area is 214 Å². The predicted octanol–water partition coefficient (Wildman–Crippen LogP) is 4.60. The van der Waals surface area contributed by atoms with Crippen LogP contribution >= 0.6 is 24.0 Å². The molecular formula is C25H37IN4O3. The van der Waals surface area contributed by atoms with Crippen LogP contribution in [0.5, 0.6) is 0 Å². The third kappa shape index (κ3) is 13.1. The maximum atomic E-state index is 11.6. The molecule has 2 rings (SSSR count). The van der Waals surface area contributed by atoms with E-state index in [1.165, 1.54) is 5.56 Å². The molecule has 0 fully saturated rings. The van der Waals surface area contributed by atoms with E-state index in [9.17, 15) is 4.79 Å². The van der Waals surface area contributed by atoms with Crippen LogP contribution in [-0.2, 0) is 29.2 Å². The molecule has 8 heteroatoms. The highest BCUT2D eigenvalue weighted by molar-refractivity contribution is 14.0. The van der Waals surface area contributed by atoms with Gasteiger partial charge >= 0.3 is 6.09 Å². The monoisotopic (exact) mass is 568 g/mol. The SMILES string of the molecule is CN=C(NCCCNC(=O)OC(C)(C)C)NCc1ccc(COCc2ccccc2)cc1.I. The lowest BCUT2D eigenvalue weighted by Crippen LogP contribution is -2.39. The number of hydrogen-bond acceptors (Lipinski definition) is 4. The molecule has 3 N–H and O–H groups in total. The molecule has 0 saturated heterocycles. The maximum Gasteiger partial charge on any atom is 0.407 e. The Kier molecular flexibility index (Phi) is 13.5. The highest BCUT2D eigenvalue weighted by atomic mass is 127. The number of guanidine groups is 1. The molecular weight excluding hydrogens is 531 g/mol. The fourth-order valence-electron chi connectivity index (χ4n) is 2.82. The summed E-state index contributed by atoms with van der Waals surface area (Å²) in [6, 6.07) is 18.5. The van der Waals surface area contributed by atoms with Gasteiger partial charge in [0.05, 0.1) is 13.2 Å². The first kappa shape index (κ1) is 28.7. The van der Waals surface area contributed by atoms with Gasteiger partial charge in [0.25, 0.3) is 0 Å². The van der Waals surface area contributed by atoms with E-state index in [0.29, 0.717) is 32.8 Å². The zero-order valence-electron chi connectivity index (χ0n) is 20.0. The lowest BCUT2D eigenvalue weighted by molar-refractivity contribution is 0.0527. The highest BCUT2D eigenvalue weighted by Crippen LogP contribution is 2.08. The van der Waals surface area contributed by atoms with Crippen molar-refractivity contribution in [3.63, 3.8) is 0 Å². The fraction of sp³-hybridized carbons (Fsp3) is 0.440. The Hall–Kier alpha value is -2.33. The first-order chi connectivity index (χ1) is 15.4. The van der Waals surface area contributed by atoms with E-state index in [0.717, 1.165) is 23.5 Å². The van der Waals surface area contributed by atoms with Gasteiger partial charge in [-0.2, -0.15) is 0 Å². The number of nitrogens with one attached hydrogen (secondary N) is 3. The Morgan fingerprint density at radius 1 is 0.848 bits per heavy atom. The summed E-state index contributed by atoms with van der Waals surface area (Å²) in [5, 5.41) is 9.29. The first-order valence-electron chi connectivity index (χ1n) is 11.0. The third-order valence-corrected chi connectivity index (χ3v) is 4.40. The Balaban J connectivity index is 0.00000544. The molecule has 0 aliphatic heterocycles. The molecule has 1 amide bonds. The van der Waals surface area contributed by atoms with Gasteiger partial charge in [-0.1, -0.05) is 54.6 Å². The normalized spacial score (nSPS) is 11.3. The average Bonchev–Trinajstić information content (AvgIpc) is 2.76. The molecule has 2 aromatic rings. The smallest absolute Gasteiger partial charge is 0.407 e. The summed E-state index contributed by atoms with van der Waals surface area (Å²) < 4.78 is 11.0. The summed E-state index contributed by atoms with van der Waals surface area (Å²) in [5.74, 6) is 0.720. The van der Waals surface area contributed by atoms with Crippen LogP contribution in [0.3, 0.4) is 0 Å². The van der Waals surface area contributed by atoms with Gasteiger partial charge in [-0.25, -0.2) is 4.79 Å². The van der Waals surface area contributed by atoms with Crippen molar-refractivity contribution in [2.45, 2.75) is 52.6 Å². The summed E-state index contributed by atoms with van der Waals surface area (Å²) in [7, 11) is 1.74. The predicted molar refractivity (Wildman–Crippen MR) is 144 cm³/mol. The van der Waals surface area contributed by atoms with Crippen molar-refractivity contribution in [1.82, 2.24) is 16.0 Å². The number of nitrogens with zero attached hydrogens (tertiary/aromatic N) is 1. The maximum absolute atomic E-state index is 11.6. The largest absolute Gasteiger partial charge is 0.444 e. The number of benzene rings is 2. The average molecular weight is 569 g/mol. The molecule has 0 spiro atoms. The summed E-state index contributed by atoms with van der Waals surface area (Å²) in [6.07, 6.45) is 0.367. The van der Waals surface area contributed by atoms with Gasteiger partial charge in [-0.3, -0.25) is 4.99 Å². The van der Waals surface area contributed by atoms with Crippen molar-refractivity contribution in [3.8, 4) is 0 Å². The van der Waals surface area contributed by atoms with Gasteiger partial charge in [0.2, 0.25) is 0 Å². The highest BCUT2D eigenvalue weighted by Gasteiger charge is 2.15. The van der Waals surface area contributed by atoms with Crippen molar-refractivity contribution in [1.29, 1.82) is 0 Å². The van der Waals surface area contributed by atoms with E-state index in [1.807, 2.05) is 39.0 Å². The Morgan fingerprint density at radius 2 is 1.42 bits per heavy atom. The van der Waals surface area contributed by atoms with E-state index in [1.54, 1.807) is 7.05 Å². The van der Waals surface area contributed by atoms with Crippen molar-refractivity contribution < 1.29 is 14.3 Å². The fourth-order valence-corrected chi connectivity index (χ4v) is 2.82. The van der Waals surface area contributed by atoms with Gasteiger partial charge in [-0.05, 0) is 43.9 Å². The minimum atomic E-state index is -0.484. The number of ether oxygens (including phenoxy) is 2. The lowest BCUT2D eigenvalue weighted by atomic mass is 10.1. The zero-order chi connectivity index (χ0) is 23.2. The minimum Gasteiger partial charge on any atom is -0.444 e. The van der Waals surface area contributed by atoms with Crippen LogP contribution in [0.2, 0.25) is 0 Å². The molecule has 0 saturated carbocycles. The van der Waals surface area contributed by atoms with Crippen LogP contribution in [0.1, 0.15) is 43.9 Å². The summed E-state index contributed by atoms with van der Waals surface area (Å²) in [5.41, 5.74) is 2.99. The third-order valence-electron chi connectivity index (χ3n) is 4.40. The second-order valence-electron chi connectivity index (χ2n) is 8.43. The van der Waals surface area contributed by atoms with Crippen LogP contribution in [0.15, 0.2) is 59.6 Å². The number of carbonyl (C=O) groups excluding carboxylic acids is 1. The number of hydrogen-bond donors (Lipinski definition) is 3. The van der Waals surface area contributed by atoms with Crippen molar-refractivity contribution in [3.05, 3.63) is 71.3 Å². The molecule has 0 unspecified atom stereocenters. The van der Waals surface area contributed by atoms with E-state index < -0.39 is 11.7 Å². The van der Waals surface area contributed by atoms with Crippen LogP contribution in [0.4, 0.5) is 4.79 Å². The number of halogens is 1. The van der Waals surface area contributed by atoms with E-state index in [2.05, 4.69) is 57.3 Å². The van der Waals surface area contributed by atoms with Gasteiger partial charge in [0.1, 0.15) is 5.60 Å². The van der Waals surface area contributed by atoms with E-state index >= 15 is 0 Å². The van der Waals surface area contributed by atoms with E-state index in [-0.39, 0.29) is 24.0 Å². The van der Waals surface area contributed by atoms with Crippen molar-refractivity contribution in [2.24, 2.45) is 4.99 Å². The topological polar surface area (TPSA) is 84.0 Å². The Morgan fingerprint density at radius 3 is 2.03 bits per heavy atom. The molecule has 33 heavy (non-hydrogen) atoms.